The number of hydrogen-bond acceptors (Lipinski definition) is 4. The molecule has 0 atom stereocenters. The van der Waals surface area contributed by atoms with Gasteiger partial charge in [-0.3, -0.25) is 0 Å². The Kier molecular flexibility index (Phi) is 4.47. The molecule has 0 aliphatic carbocycles. The fraction of sp³-hybridized carbons (Fsp3) is 0.286. The molecule has 0 unspecified atom stereocenters. The fourth-order valence-corrected chi connectivity index (χ4v) is 3.93. The van der Waals surface area contributed by atoms with Gasteiger partial charge in [0.05, 0.1) is 7.11 Å². The lowest BCUT2D eigenvalue weighted by atomic mass is 10.2. The predicted molar refractivity (Wildman–Crippen MR) is 80.7 cm³/mol. The molecule has 0 radical (unpaired) electrons. The highest BCUT2D eigenvalue weighted by atomic mass is 32.2. The Labute approximate surface area is 123 Å². The molecule has 0 fully saturated rings. The Bertz CT molecular complexity index is 678. The Balaban J connectivity index is 2.36. The summed E-state index contributed by atoms with van der Waals surface area (Å²) in [4.78, 5) is 0.206. The van der Waals surface area contributed by atoms with Gasteiger partial charge in [0.1, 0.15) is 10.6 Å². The molecule has 1 heterocycles. The highest BCUT2D eigenvalue weighted by Gasteiger charge is 2.25. The molecule has 20 heavy (non-hydrogen) atoms. The maximum absolute atomic E-state index is 12.6. The van der Waals surface area contributed by atoms with Crippen LogP contribution < -0.4 is 4.74 Å². The molecule has 0 aliphatic heterocycles. The van der Waals surface area contributed by atoms with Gasteiger partial charge in [0.2, 0.25) is 10.0 Å². The summed E-state index contributed by atoms with van der Waals surface area (Å²) in [6, 6.07) is 7.07. The number of rotatable bonds is 5. The van der Waals surface area contributed by atoms with Crippen molar-refractivity contribution in [2.45, 2.75) is 18.4 Å². The molecular formula is C14H17NO3S2. The van der Waals surface area contributed by atoms with E-state index in [1.54, 1.807) is 30.5 Å². The molecule has 108 valence electrons. The zero-order valence-corrected chi connectivity index (χ0v) is 13.3. The van der Waals surface area contributed by atoms with Gasteiger partial charge in [0.15, 0.2) is 0 Å². The lowest BCUT2D eigenvalue weighted by Crippen LogP contribution is -2.26. The Morgan fingerprint density at radius 1 is 1.30 bits per heavy atom. The lowest BCUT2D eigenvalue weighted by molar-refractivity contribution is 0.397. The second-order valence-electron chi connectivity index (χ2n) is 4.55. The first-order chi connectivity index (χ1) is 9.45. The van der Waals surface area contributed by atoms with E-state index in [-0.39, 0.29) is 4.90 Å². The Morgan fingerprint density at radius 3 is 2.65 bits per heavy atom. The first-order valence-electron chi connectivity index (χ1n) is 6.07. The summed E-state index contributed by atoms with van der Waals surface area (Å²) in [6.45, 7) is 2.21. The standard InChI is InChI=1S/C14H17NO3S2/c1-11-4-5-13(18-3)14(8-11)20(16,17)15(2)9-12-6-7-19-10-12/h4-8,10H,9H2,1-3H3. The third kappa shape index (κ3) is 3.03. The second kappa shape index (κ2) is 5.95. The van der Waals surface area contributed by atoms with E-state index in [4.69, 9.17) is 4.74 Å². The van der Waals surface area contributed by atoms with Crippen molar-refractivity contribution in [3.63, 3.8) is 0 Å². The molecule has 0 amide bonds. The lowest BCUT2D eigenvalue weighted by Gasteiger charge is -2.18. The number of hydrogen-bond donors (Lipinski definition) is 0. The van der Waals surface area contributed by atoms with E-state index in [1.807, 2.05) is 29.8 Å². The quantitative estimate of drug-likeness (QED) is 0.853. The predicted octanol–water partition coefficient (Wildman–Crippen LogP) is 2.89. The van der Waals surface area contributed by atoms with Crippen molar-refractivity contribution in [1.29, 1.82) is 0 Å². The third-order valence-electron chi connectivity index (χ3n) is 2.99. The zero-order chi connectivity index (χ0) is 14.8. The molecule has 0 N–H and O–H groups in total. The van der Waals surface area contributed by atoms with Crippen molar-refractivity contribution in [1.82, 2.24) is 4.31 Å². The number of sulfonamides is 1. The molecule has 1 aromatic carbocycles. The van der Waals surface area contributed by atoms with Crippen LogP contribution in [0.3, 0.4) is 0 Å². The highest BCUT2D eigenvalue weighted by molar-refractivity contribution is 7.89. The van der Waals surface area contributed by atoms with Gasteiger partial charge in [-0.1, -0.05) is 6.07 Å². The molecule has 1 aromatic heterocycles. The van der Waals surface area contributed by atoms with Gasteiger partial charge >= 0.3 is 0 Å². The van der Waals surface area contributed by atoms with Crippen LogP contribution in [0.1, 0.15) is 11.1 Å². The number of methoxy groups -OCH3 is 1. The summed E-state index contributed by atoms with van der Waals surface area (Å²) < 4.78 is 31.8. The van der Waals surface area contributed by atoms with Gasteiger partial charge in [-0.05, 0) is 47.0 Å². The molecule has 6 heteroatoms. The first kappa shape index (κ1) is 15.0. The Morgan fingerprint density at radius 2 is 2.05 bits per heavy atom. The molecular weight excluding hydrogens is 294 g/mol. The first-order valence-corrected chi connectivity index (χ1v) is 8.45. The summed E-state index contributed by atoms with van der Waals surface area (Å²) in [6.07, 6.45) is 0. The number of benzene rings is 1. The van der Waals surface area contributed by atoms with Gasteiger partial charge in [-0.15, -0.1) is 0 Å². The van der Waals surface area contributed by atoms with Crippen LogP contribution >= 0.6 is 11.3 Å². The van der Waals surface area contributed by atoms with Gasteiger partial charge in [0.25, 0.3) is 0 Å². The van der Waals surface area contributed by atoms with Gasteiger partial charge < -0.3 is 4.74 Å². The fourth-order valence-electron chi connectivity index (χ4n) is 1.88. The topological polar surface area (TPSA) is 46.6 Å². The van der Waals surface area contributed by atoms with Crippen LogP contribution in [0.5, 0.6) is 5.75 Å². The van der Waals surface area contributed by atoms with Crippen molar-refractivity contribution in [3.05, 3.63) is 46.2 Å². The van der Waals surface area contributed by atoms with Crippen molar-refractivity contribution < 1.29 is 13.2 Å². The van der Waals surface area contributed by atoms with E-state index in [9.17, 15) is 8.42 Å². The third-order valence-corrected chi connectivity index (χ3v) is 5.55. The van der Waals surface area contributed by atoms with Crippen molar-refractivity contribution in [2.75, 3.05) is 14.2 Å². The summed E-state index contributed by atoms with van der Waals surface area (Å²) in [7, 11) is -0.514. The maximum Gasteiger partial charge on any atom is 0.246 e. The molecule has 0 saturated carbocycles. The van der Waals surface area contributed by atoms with E-state index in [0.29, 0.717) is 12.3 Å². The van der Waals surface area contributed by atoms with E-state index in [2.05, 4.69) is 0 Å². The molecule has 0 saturated heterocycles. The number of ether oxygens (including phenoxy) is 1. The van der Waals surface area contributed by atoms with Crippen LogP contribution in [0.2, 0.25) is 0 Å². The van der Waals surface area contributed by atoms with Crippen LogP contribution in [0.25, 0.3) is 0 Å². The SMILES string of the molecule is COc1ccc(C)cc1S(=O)(=O)N(C)Cc1ccsc1. The number of nitrogens with zero attached hydrogens (tertiary/aromatic N) is 1. The second-order valence-corrected chi connectivity index (χ2v) is 7.34. The van der Waals surface area contributed by atoms with Crippen LogP contribution in [0.15, 0.2) is 39.9 Å². The van der Waals surface area contributed by atoms with Crippen molar-refractivity contribution >= 4 is 21.4 Å². The number of thiophene rings is 1. The molecule has 2 rings (SSSR count). The molecule has 0 bridgehead atoms. The zero-order valence-electron chi connectivity index (χ0n) is 11.7. The van der Waals surface area contributed by atoms with E-state index >= 15 is 0 Å². The maximum atomic E-state index is 12.6. The summed E-state index contributed by atoms with van der Waals surface area (Å²) in [5.41, 5.74) is 1.86. The molecule has 0 spiro atoms. The van der Waals surface area contributed by atoms with Crippen molar-refractivity contribution in [3.8, 4) is 5.75 Å². The number of aryl methyl sites for hydroxylation is 1. The van der Waals surface area contributed by atoms with Crippen LogP contribution in [-0.2, 0) is 16.6 Å². The van der Waals surface area contributed by atoms with E-state index in [1.165, 1.54) is 11.4 Å². The largest absolute Gasteiger partial charge is 0.495 e. The molecule has 0 aliphatic rings. The average molecular weight is 311 g/mol. The van der Waals surface area contributed by atoms with Gasteiger partial charge in [-0.25, -0.2) is 8.42 Å². The van der Waals surface area contributed by atoms with Crippen LogP contribution in [-0.4, -0.2) is 26.9 Å². The average Bonchev–Trinajstić information content (AvgIpc) is 2.91. The molecule has 2 aromatic rings. The minimum Gasteiger partial charge on any atom is -0.495 e. The van der Waals surface area contributed by atoms with Crippen LogP contribution in [0.4, 0.5) is 0 Å². The molecule has 4 nitrogen and oxygen atoms in total. The monoisotopic (exact) mass is 311 g/mol. The van der Waals surface area contributed by atoms with Gasteiger partial charge in [0, 0.05) is 13.6 Å². The minimum absolute atomic E-state index is 0.206. The Hall–Kier alpha value is -1.37. The smallest absolute Gasteiger partial charge is 0.246 e. The van der Waals surface area contributed by atoms with Crippen molar-refractivity contribution in [2.24, 2.45) is 0 Å². The van der Waals surface area contributed by atoms with E-state index < -0.39 is 10.0 Å². The summed E-state index contributed by atoms with van der Waals surface area (Å²) >= 11 is 1.55. The van der Waals surface area contributed by atoms with E-state index in [0.717, 1.165) is 11.1 Å². The van der Waals surface area contributed by atoms with Gasteiger partial charge in [-0.2, -0.15) is 15.6 Å². The summed E-state index contributed by atoms with van der Waals surface area (Å²) in [5.74, 6) is 0.368. The normalized spacial score (nSPS) is 11.8. The van der Waals surface area contributed by atoms with Crippen LogP contribution in [0, 0.1) is 6.92 Å². The highest BCUT2D eigenvalue weighted by Crippen LogP contribution is 2.28. The summed E-state index contributed by atoms with van der Waals surface area (Å²) in [5, 5.41) is 3.88. The minimum atomic E-state index is -3.57.